The number of rotatable bonds is 9. The van der Waals surface area contributed by atoms with Crippen LogP contribution in [0.5, 0.6) is 23.0 Å². The standard InChI is InChI=1S/C25H24N2O6/c1-17-4-9-21(10-5-17)32-16-24(28)27-26-15-18-6-13-22(23(14-18)31-3)33-25(29)19-7-11-20(30-2)12-8-19/h4-15H,16H2,1-3H3,(H,27,28). The minimum Gasteiger partial charge on any atom is -0.497 e. The molecule has 0 saturated carbocycles. The Hall–Kier alpha value is -4.33. The molecule has 0 aliphatic carbocycles. The monoisotopic (exact) mass is 448 g/mol. The second-order valence-corrected chi connectivity index (χ2v) is 6.92. The Kier molecular flexibility index (Phi) is 8.02. The summed E-state index contributed by atoms with van der Waals surface area (Å²) in [6.07, 6.45) is 1.45. The fraction of sp³-hybridized carbons (Fsp3) is 0.160. The first-order chi connectivity index (χ1) is 16.0. The van der Waals surface area contributed by atoms with E-state index < -0.39 is 11.9 Å². The molecule has 0 radical (unpaired) electrons. The van der Waals surface area contributed by atoms with Crippen molar-refractivity contribution in [3.05, 3.63) is 83.4 Å². The molecule has 170 valence electrons. The Labute approximate surface area is 191 Å². The first-order valence-corrected chi connectivity index (χ1v) is 10.0. The zero-order chi connectivity index (χ0) is 23.6. The van der Waals surface area contributed by atoms with Crippen LogP contribution in [0, 0.1) is 6.92 Å². The number of esters is 1. The van der Waals surface area contributed by atoms with Gasteiger partial charge in [0.25, 0.3) is 5.91 Å². The van der Waals surface area contributed by atoms with Crippen molar-refractivity contribution in [3.8, 4) is 23.0 Å². The van der Waals surface area contributed by atoms with Crippen molar-refractivity contribution in [3.63, 3.8) is 0 Å². The van der Waals surface area contributed by atoms with Gasteiger partial charge in [0, 0.05) is 0 Å². The number of amides is 1. The number of carbonyl (C=O) groups excluding carboxylic acids is 2. The third-order valence-corrected chi connectivity index (χ3v) is 4.51. The number of hydrogen-bond acceptors (Lipinski definition) is 7. The Morgan fingerprint density at radius 3 is 2.24 bits per heavy atom. The average molecular weight is 448 g/mol. The van der Waals surface area contributed by atoms with Crippen LogP contribution in [-0.4, -0.2) is 38.9 Å². The first-order valence-electron chi connectivity index (χ1n) is 10.0. The molecule has 0 aliphatic heterocycles. The summed E-state index contributed by atoms with van der Waals surface area (Å²) in [5, 5.41) is 3.92. The number of hydrazone groups is 1. The lowest BCUT2D eigenvalue weighted by molar-refractivity contribution is -0.123. The number of nitrogens with zero attached hydrogens (tertiary/aromatic N) is 1. The van der Waals surface area contributed by atoms with Crippen LogP contribution in [-0.2, 0) is 4.79 Å². The van der Waals surface area contributed by atoms with Crippen molar-refractivity contribution in [2.75, 3.05) is 20.8 Å². The molecule has 0 saturated heterocycles. The van der Waals surface area contributed by atoms with Crippen molar-refractivity contribution in [2.45, 2.75) is 6.92 Å². The van der Waals surface area contributed by atoms with Gasteiger partial charge in [-0.1, -0.05) is 17.7 Å². The number of ether oxygens (including phenoxy) is 4. The average Bonchev–Trinajstić information content (AvgIpc) is 2.84. The highest BCUT2D eigenvalue weighted by Crippen LogP contribution is 2.28. The molecule has 3 aromatic rings. The first kappa shape index (κ1) is 23.3. The molecule has 0 unspecified atom stereocenters. The van der Waals surface area contributed by atoms with Crippen LogP contribution in [0.4, 0.5) is 0 Å². The van der Waals surface area contributed by atoms with Gasteiger partial charge in [-0.2, -0.15) is 5.10 Å². The molecule has 0 fully saturated rings. The van der Waals surface area contributed by atoms with Gasteiger partial charge in [0.1, 0.15) is 11.5 Å². The minimum atomic E-state index is -0.529. The predicted octanol–water partition coefficient (Wildman–Crippen LogP) is 3.76. The normalized spacial score (nSPS) is 10.5. The summed E-state index contributed by atoms with van der Waals surface area (Å²) in [5.41, 5.74) is 4.51. The number of hydrogen-bond donors (Lipinski definition) is 1. The van der Waals surface area contributed by atoms with Gasteiger partial charge < -0.3 is 18.9 Å². The molecule has 33 heavy (non-hydrogen) atoms. The van der Waals surface area contributed by atoms with Crippen molar-refractivity contribution in [1.29, 1.82) is 0 Å². The maximum absolute atomic E-state index is 12.4. The lowest BCUT2D eigenvalue weighted by Gasteiger charge is -2.10. The highest BCUT2D eigenvalue weighted by molar-refractivity contribution is 5.92. The van der Waals surface area contributed by atoms with E-state index in [1.54, 1.807) is 61.7 Å². The molecule has 3 aromatic carbocycles. The molecule has 0 spiro atoms. The van der Waals surface area contributed by atoms with E-state index in [0.717, 1.165) is 5.56 Å². The summed E-state index contributed by atoms with van der Waals surface area (Å²) < 4.78 is 21.2. The van der Waals surface area contributed by atoms with Gasteiger partial charge in [-0.15, -0.1) is 0 Å². The van der Waals surface area contributed by atoms with Crippen LogP contribution < -0.4 is 24.4 Å². The topological polar surface area (TPSA) is 95.5 Å². The van der Waals surface area contributed by atoms with Gasteiger partial charge in [-0.25, -0.2) is 10.2 Å². The van der Waals surface area contributed by atoms with Crippen LogP contribution in [0.1, 0.15) is 21.5 Å². The van der Waals surface area contributed by atoms with Crippen molar-refractivity contribution in [1.82, 2.24) is 5.43 Å². The second kappa shape index (κ2) is 11.3. The highest BCUT2D eigenvalue weighted by Gasteiger charge is 2.13. The van der Waals surface area contributed by atoms with Crippen molar-refractivity contribution >= 4 is 18.1 Å². The third-order valence-electron chi connectivity index (χ3n) is 4.51. The molecule has 0 aromatic heterocycles. The maximum Gasteiger partial charge on any atom is 0.343 e. The van der Waals surface area contributed by atoms with E-state index in [1.807, 2.05) is 19.1 Å². The van der Waals surface area contributed by atoms with Gasteiger partial charge in [0.2, 0.25) is 0 Å². The van der Waals surface area contributed by atoms with Gasteiger partial charge in [0.05, 0.1) is 26.0 Å². The molecule has 0 heterocycles. The van der Waals surface area contributed by atoms with Crippen LogP contribution in [0.15, 0.2) is 71.8 Å². The molecular weight excluding hydrogens is 424 g/mol. The van der Waals surface area contributed by atoms with E-state index in [4.69, 9.17) is 18.9 Å². The molecule has 0 bridgehead atoms. The smallest absolute Gasteiger partial charge is 0.343 e. The number of carbonyl (C=O) groups is 2. The fourth-order valence-electron chi connectivity index (χ4n) is 2.73. The van der Waals surface area contributed by atoms with Gasteiger partial charge in [-0.3, -0.25) is 4.79 Å². The Morgan fingerprint density at radius 1 is 0.879 bits per heavy atom. The van der Waals surface area contributed by atoms with Crippen molar-refractivity contribution in [2.24, 2.45) is 5.10 Å². The number of nitrogens with one attached hydrogen (secondary N) is 1. The third kappa shape index (κ3) is 6.83. The largest absolute Gasteiger partial charge is 0.497 e. The lowest BCUT2D eigenvalue weighted by atomic mass is 10.2. The number of aryl methyl sites for hydroxylation is 1. The quantitative estimate of drug-likeness (QED) is 0.232. The highest BCUT2D eigenvalue weighted by atomic mass is 16.6. The molecule has 0 aliphatic rings. The van der Waals surface area contributed by atoms with Gasteiger partial charge >= 0.3 is 5.97 Å². The predicted molar refractivity (Wildman–Crippen MR) is 123 cm³/mol. The molecule has 1 N–H and O–H groups in total. The van der Waals surface area contributed by atoms with E-state index >= 15 is 0 Å². The Balaban J connectivity index is 1.55. The summed E-state index contributed by atoms with van der Waals surface area (Å²) in [4.78, 5) is 24.3. The van der Waals surface area contributed by atoms with Crippen LogP contribution in [0.2, 0.25) is 0 Å². The van der Waals surface area contributed by atoms with E-state index in [-0.39, 0.29) is 12.4 Å². The molecule has 8 heteroatoms. The number of benzene rings is 3. The second-order valence-electron chi connectivity index (χ2n) is 6.92. The van der Waals surface area contributed by atoms with Crippen molar-refractivity contribution < 1.29 is 28.5 Å². The summed E-state index contributed by atoms with van der Waals surface area (Å²) in [6.45, 7) is 1.81. The van der Waals surface area contributed by atoms with Crippen LogP contribution >= 0.6 is 0 Å². The van der Waals surface area contributed by atoms with Gasteiger partial charge in [0.15, 0.2) is 18.1 Å². The van der Waals surface area contributed by atoms with Crippen LogP contribution in [0.3, 0.4) is 0 Å². The van der Waals surface area contributed by atoms with Crippen LogP contribution in [0.25, 0.3) is 0 Å². The Morgan fingerprint density at radius 2 is 1.58 bits per heavy atom. The minimum absolute atomic E-state index is 0.163. The molecule has 8 nitrogen and oxygen atoms in total. The summed E-state index contributed by atoms with van der Waals surface area (Å²) in [7, 11) is 3.01. The summed E-state index contributed by atoms with van der Waals surface area (Å²) in [5.74, 6) is 0.911. The lowest BCUT2D eigenvalue weighted by Crippen LogP contribution is -2.24. The fourth-order valence-corrected chi connectivity index (χ4v) is 2.73. The molecule has 1 amide bonds. The van der Waals surface area contributed by atoms with E-state index in [1.165, 1.54) is 13.3 Å². The number of methoxy groups -OCH3 is 2. The van der Waals surface area contributed by atoms with E-state index in [0.29, 0.717) is 28.4 Å². The zero-order valence-electron chi connectivity index (χ0n) is 18.5. The van der Waals surface area contributed by atoms with E-state index in [9.17, 15) is 9.59 Å². The zero-order valence-corrected chi connectivity index (χ0v) is 18.5. The van der Waals surface area contributed by atoms with Gasteiger partial charge in [-0.05, 0) is 67.1 Å². The summed E-state index contributed by atoms with van der Waals surface area (Å²) in [6, 6.07) is 18.9. The molecule has 3 rings (SSSR count). The summed E-state index contributed by atoms with van der Waals surface area (Å²) >= 11 is 0. The maximum atomic E-state index is 12.4. The molecular formula is C25H24N2O6. The SMILES string of the molecule is COc1ccc(C(=O)Oc2ccc(C=NNC(=O)COc3ccc(C)cc3)cc2OC)cc1. The molecule has 0 atom stereocenters. The Bertz CT molecular complexity index is 1120. The van der Waals surface area contributed by atoms with E-state index in [2.05, 4.69) is 10.5 Å².